The summed E-state index contributed by atoms with van der Waals surface area (Å²) in [5.74, 6) is -0.225. The average Bonchev–Trinajstić information content (AvgIpc) is 3.16. The SMILES string of the molecule is COc1ccc(S(=O)(=O)N2C(=O)C(NCCOCCN)(c3ccccc3Cl)c3cc(Cl)ccc32)cc1OC. The fraction of sp³-hybridized carbons (Fsp3) is 0.269. The van der Waals surface area contributed by atoms with Crippen LogP contribution in [0.4, 0.5) is 5.69 Å². The van der Waals surface area contributed by atoms with Crippen LogP contribution in [0, 0.1) is 0 Å². The Bertz CT molecular complexity index is 1450. The van der Waals surface area contributed by atoms with E-state index in [1.54, 1.807) is 30.3 Å². The molecule has 0 bridgehead atoms. The Morgan fingerprint density at radius 3 is 2.37 bits per heavy atom. The maximum Gasteiger partial charge on any atom is 0.271 e. The maximum absolute atomic E-state index is 14.4. The summed E-state index contributed by atoms with van der Waals surface area (Å²) in [6.07, 6.45) is 0. The van der Waals surface area contributed by atoms with Gasteiger partial charge < -0.3 is 19.9 Å². The van der Waals surface area contributed by atoms with E-state index in [9.17, 15) is 13.2 Å². The number of halogens is 2. The van der Waals surface area contributed by atoms with Crippen LogP contribution >= 0.6 is 23.2 Å². The predicted octanol–water partition coefficient (Wildman–Crippen LogP) is 3.55. The Kier molecular flexibility index (Phi) is 8.51. The molecule has 1 aliphatic rings. The molecule has 0 spiro atoms. The molecule has 3 aromatic rings. The second-order valence-corrected chi connectivity index (χ2v) is 10.9. The van der Waals surface area contributed by atoms with Crippen LogP contribution in [0.25, 0.3) is 0 Å². The van der Waals surface area contributed by atoms with Crippen molar-refractivity contribution in [3.8, 4) is 11.5 Å². The number of rotatable bonds is 11. The highest BCUT2D eigenvalue weighted by Gasteiger charge is 2.56. The van der Waals surface area contributed by atoms with Gasteiger partial charge >= 0.3 is 0 Å². The van der Waals surface area contributed by atoms with Gasteiger partial charge in [-0.1, -0.05) is 41.4 Å². The number of amides is 1. The molecule has 1 atom stereocenters. The predicted molar refractivity (Wildman–Crippen MR) is 146 cm³/mol. The zero-order chi connectivity index (χ0) is 27.5. The molecule has 0 aromatic heterocycles. The Balaban J connectivity index is 1.92. The molecule has 3 aromatic carbocycles. The highest BCUT2D eigenvalue weighted by Crippen LogP contribution is 2.49. The van der Waals surface area contributed by atoms with Gasteiger partial charge in [-0.25, -0.2) is 12.7 Å². The molecule has 38 heavy (non-hydrogen) atoms. The Hall–Kier alpha value is -2.86. The number of carbonyl (C=O) groups excluding carboxylic acids is 1. The number of benzene rings is 3. The van der Waals surface area contributed by atoms with E-state index >= 15 is 0 Å². The van der Waals surface area contributed by atoms with Gasteiger partial charge in [0.25, 0.3) is 15.9 Å². The first-order chi connectivity index (χ1) is 18.2. The minimum atomic E-state index is -4.43. The minimum Gasteiger partial charge on any atom is -0.493 e. The summed E-state index contributed by atoms with van der Waals surface area (Å²) in [4.78, 5) is 14.3. The fourth-order valence-corrected chi connectivity index (χ4v) is 6.40. The second kappa shape index (κ2) is 11.5. The molecule has 3 N–H and O–H groups in total. The summed E-state index contributed by atoms with van der Waals surface area (Å²) in [5, 5.41) is 3.82. The number of fused-ring (bicyclic) bond motifs is 1. The van der Waals surface area contributed by atoms with Gasteiger partial charge in [0.15, 0.2) is 17.0 Å². The molecule has 1 heterocycles. The van der Waals surface area contributed by atoms with Crippen LogP contribution < -0.4 is 24.8 Å². The number of anilines is 1. The molecule has 0 radical (unpaired) electrons. The first kappa shape index (κ1) is 28.2. The Morgan fingerprint density at radius 1 is 0.947 bits per heavy atom. The first-order valence-electron chi connectivity index (χ1n) is 11.6. The van der Waals surface area contributed by atoms with E-state index in [-0.39, 0.29) is 34.5 Å². The number of nitrogens with one attached hydrogen (secondary N) is 1. The summed E-state index contributed by atoms with van der Waals surface area (Å²) in [5.41, 5.74) is 4.69. The summed E-state index contributed by atoms with van der Waals surface area (Å²) >= 11 is 13.0. The maximum atomic E-state index is 14.4. The Labute approximate surface area is 231 Å². The van der Waals surface area contributed by atoms with E-state index in [4.69, 9.17) is 43.1 Å². The van der Waals surface area contributed by atoms with Crippen molar-refractivity contribution in [2.75, 3.05) is 44.8 Å². The molecular formula is C26H27Cl2N3O6S. The zero-order valence-electron chi connectivity index (χ0n) is 20.7. The lowest BCUT2D eigenvalue weighted by atomic mass is 9.83. The van der Waals surface area contributed by atoms with Gasteiger partial charge in [0, 0.05) is 40.3 Å². The van der Waals surface area contributed by atoms with Crippen molar-refractivity contribution >= 4 is 44.8 Å². The van der Waals surface area contributed by atoms with Crippen molar-refractivity contribution in [1.82, 2.24) is 5.32 Å². The number of methoxy groups -OCH3 is 2. The summed E-state index contributed by atoms with van der Waals surface area (Å²) < 4.78 is 44.9. The second-order valence-electron chi connectivity index (χ2n) is 8.31. The first-order valence-corrected chi connectivity index (χ1v) is 13.8. The number of ether oxygens (including phenoxy) is 3. The molecule has 0 fully saturated rings. The molecule has 0 aliphatic carbocycles. The zero-order valence-corrected chi connectivity index (χ0v) is 23.1. The molecule has 1 unspecified atom stereocenters. The molecule has 4 rings (SSSR count). The summed E-state index contributed by atoms with van der Waals surface area (Å²) in [7, 11) is -1.59. The lowest BCUT2D eigenvalue weighted by Crippen LogP contribution is -2.53. The standard InChI is InChI=1S/C26H27Cl2N3O6S/c1-35-23-10-8-18(16-24(23)36-2)38(33,34)31-22-9-7-17(27)15-20(22)26(25(31)32,30-12-14-37-13-11-29)19-5-3-4-6-21(19)28/h3-10,15-16,30H,11-14,29H2,1-2H3. The van der Waals surface area contributed by atoms with Crippen molar-refractivity contribution in [1.29, 1.82) is 0 Å². The molecular weight excluding hydrogens is 553 g/mol. The van der Waals surface area contributed by atoms with E-state index in [2.05, 4.69) is 5.32 Å². The number of hydrogen-bond donors (Lipinski definition) is 2. The topological polar surface area (TPSA) is 120 Å². The molecule has 1 amide bonds. The molecule has 202 valence electrons. The van der Waals surface area contributed by atoms with Gasteiger partial charge in [0.2, 0.25) is 0 Å². The van der Waals surface area contributed by atoms with Gasteiger partial charge in [-0.05, 0) is 36.4 Å². The summed E-state index contributed by atoms with van der Waals surface area (Å²) in [6, 6.07) is 15.5. The number of nitrogens with zero attached hydrogens (tertiary/aromatic N) is 1. The normalized spacial score (nSPS) is 17.0. The number of nitrogens with two attached hydrogens (primary N) is 1. The van der Waals surface area contributed by atoms with Crippen LogP contribution in [-0.4, -0.2) is 54.8 Å². The van der Waals surface area contributed by atoms with Gasteiger partial charge in [-0.3, -0.25) is 10.1 Å². The quantitative estimate of drug-likeness (QED) is 0.331. The van der Waals surface area contributed by atoms with Crippen LogP contribution in [0.15, 0.2) is 65.6 Å². The van der Waals surface area contributed by atoms with E-state index in [1.807, 2.05) is 0 Å². The van der Waals surface area contributed by atoms with Gasteiger partial charge in [-0.2, -0.15) is 0 Å². The molecule has 1 aliphatic heterocycles. The third-order valence-electron chi connectivity index (χ3n) is 6.16. The van der Waals surface area contributed by atoms with Crippen LogP contribution in [0.2, 0.25) is 10.0 Å². The Morgan fingerprint density at radius 2 is 1.68 bits per heavy atom. The van der Waals surface area contributed by atoms with E-state index in [0.717, 1.165) is 4.31 Å². The van der Waals surface area contributed by atoms with Crippen LogP contribution in [0.1, 0.15) is 11.1 Å². The molecule has 0 saturated carbocycles. The molecule has 9 nitrogen and oxygen atoms in total. The molecule has 0 saturated heterocycles. The highest BCUT2D eigenvalue weighted by molar-refractivity contribution is 7.93. The van der Waals surface area contributed by atoms with Crippen molar-refractivity contribution in [2.45, 2.75) is 10.4 Å². The van der Waals surface area contributed by atoms with Crippen LogP contribution in [0.3, 0.4) is 0 Å². The minimum absolute atomic E-state index is 0.143. The van der Waals surface area contributed by atoms with Gasteiger partial charge in [-0.15, -0.1) is 0 Å². The van der Waals surface area contributed by atoms with Crippen molar-refractivity contribution < 1.29 is 27.4 Å². The van der Waals surface area contributed by atoms with Crippen molar-refractivity contribution in [3.05, 3.63) is 81.8 Å². The highest BCUT2D eigenvalue weighted by atomic mass is 35.5. The average molecular weight is 580 g/mol. The van der Waals surface area contributed by atoms with Gasteiger partial charge in [0.1, 0.15) is 0 Å². The van der Waals surface area contributed by atoms with Gasteiger partial charge in [0.05, 0.1) is 38.0 Å². The molecule has 12 heteroatoms. The smallest absolute Gasteiger partial charge is 0.271 e. The van der Waals surface area contributed by atoms with E-state index in [0.29, 0.717) is 35.1 Å². The monoisotopic (exact) mass is 579 g/mol. The lowest BCUT2D eigenvalue weighted by Gasteiger charge is -2.31. The summed E-state index contributed by atoms with van der Waals surface area (Å²) in [6.45, 7) is 1.07. The van der Waals surface area contributed by atoms with Crippen LogP contribution in [0.5, 0.6) is 11.5 Å². The fourth-order valence-electron chi connectivity index (χ4n) is 4.47. The number of hydrogen-bond acceptors (Lipinski definition) is 8. The largest absolute Gasteiger partial charge is 0.493 e. The lowest BCUT2D eigenvalue weighted by molar-refractivity contribution is -0.121. The van der Waals surface area contributed by atoms with E-state index in [1.165, 1.54) is 44.6 Å². The number of sulfonamides is 1. The van der Waals surface area contributed by atoms with Crippen molar-refractivity contribution in [3.63, 3.8) is 0 Å². The van der Waals surface area contributed by atoms with Crippen molar-refractivity contribution in [2.24, 2.45) is 5.73 Å². The van der Waals surface area contributed by atoms with Crippen LogP contribution in [-0.2, 0) is 25.1 Å². The number of carbonyl (C=O) groups is 1. The third kappa shape index (κ3) is 4.84. The van der Waals surface area contributed by atoms with E-state index < -0.39 is 21.5 Å². The third-order valence-corrected chi connectivity index (χ3v) is 8.41.